The van der Waals surface area contributed by atoms with E-state index < -0.39 is 10.0 Å². The molecule has 0 amide bonds. The van der Waals surface area contributed by atoms with Gasteiger partial charge in [0.1, 0.15) is 18.1 Å². The van der Waals surface area contributed by atoms with E-state index in [4.69, 9.17) is 10.5 Å². The first-order valence-electron chi connectivity index (χ1n) is 6.19. The normalized spacial score (nSPS) is 11.1. The molecular weight excluding hydrogens is 356 g/mol. The molecule has 0 aromatic heterocycles. The van der Waals surface area contributed by atoms with Crippen molar-refractivity contribution in [2.24, 2.45) is 0 Å². The summed E-state index contributed by atoms with van der Waals surface area (Å²) in [5.41, 5.74) is 6.70. The summed E-state index contributed by atoms with van der Waals surface area (Å²) < 4.78 is 32.5. The van der Waals surface area contributed by atoms with Gasteiger partial charge in [-0.3, -0.25) is 4.72 Å². The maximum atomic E-state index is 11.9. The van der Waals surface area contributed by atoms with Crippen LogP contribution in [-0.2, 0) is 10.0 Å². The van der Waals surface area contributed by atoms with E-state index in [1.807, 2.05) is 6.07 Å². The summed E-state index contributed by atoms with van der Waals surface area (Å²) in [7, 11) is -3.46. The van der Waals surface area contributed by atoms with Crippen LogP contribution in [0.1, 0.15) is 0 Å². The van der Waals surface area contributed by atoms with Gasteiger partial charge in [-0.05, 0) is 30.3 Å². The molecule has 0 aliphatic heterocycles. The van der Waals surface area contributed by atoms with Crippen molar-refractivity contribution < 1.29 is 13.2 Å². The molecule has 0 saturated carbocycles. The highest BCUT2D eigenvalue weighted by molar-refractivity contribution is 9.10. The van der Waals surface area contributed by atoms with Gasteiger partial charge < -0.3 is 10.5 Å². The van der Waals surface area contributed by atoms with Gasteiger partial charge in [0.15, 0.2) is 0 Å². The second kappa shape index (κ2) is 6.82. The van der Waals surface area contributed by atoms with Crippen molar-refractivity contribution in [1.29, 1.82) is 0 Å². The number of nitrogens with two attached hydrogens (primary N) is 1. The number of hydrogen-bond acceptors (Lipinski definition) is 4. The second-order valence-electron chi connectivity index (χ2n) is 4.35. The zero-order chi connectivity index (χ0) is 15.3. The number of anilines is 2. The topological polar surface area (TPSA) is 81.4 Å². The Labute approximate surface area is 132 Å². The van der Waals surface area contributed by atoms with Crippen molar-refractivity contribution in [2.75, 3.05) is 22.8 Å². The summed E-state index contributed by atoms with van der Waals surface area (Å²) in [4.78, 5) is 0. The van der Waals surface area contributed by atoms with Crippen molar-refractivity contribution in [3.63, 3.8) is 0 Å². The number of benzene rings is 2. The van der Waals surface area contributed by atoms with Gasteiger partial charge in [-0.25, -0.2) is 8.42 Å². The average molecular weight is 371 g/mol. The summed E-state index contributed by atoms with van der Waals surface area (Å²) in [6.07, 6.45) is 0. The lowest BCUT2D eigenvalue weighted by Gasteiger charge is -2.10. The van der Waals surface area contributed by atoms with Gasteiger partial charge in [0.2, 0.25) is 10.0 Å². The van der Waals surface area contributed by atoms with Crippen molar-refractivity contribution in [3.8, 4) is 5.75 Å². The molecule has 21 heavy (non-hydrogen) atoms. The molecule has 0 atom stereocenters. The fraction of sp³-hybridized carbons (Fsp3) is 0.143. The predicted octanol–water partition coefficient (Wildman–Crippen LogP) is 2.85. The van der Waals surface area contributed by atoms with Crippen molar-refractivity contribution in [3.05, 3.63) is 53.0 Å². The van der Waals surface area contributed by atoms with Crippen LogP contribution in [0.4, 0.5) is 11.4 Å². The van der Waals surface area contributed by atoms with Gasteiger partial charge in [0.25, 0.3) is 0 Å². The minimum Gasteiger partial charge on any atom is -0.492 e. The molecule has 0 spiro atoms. The smallest absolute Gasteiger partial charge is 0.236 e. The quantitative estimate of drug-likeness (QED) is 0.766. The van der Waals surface area contributed by atoms with E-state index in [-0.39, 0.29) is 12.4 Å². The number of rotatable bonds is 6. The van der Waals surface area contributed by atoms with Crippen molar-refractivity contribution >= 4 is 37.3 Å². The van der Waals surface area contributed by atoms with Crippen molar-refractivity contribution in [1.82, 2.24) is 0 Å². The van der Waals surface area contributed by atoms with Crippen LogP contribution < -0.4 is 15.2 Å². The molecule has 5 nitrogen and oxygen atoms in total. The SMILES string of the molecule is Nc1cccc(OCCS(=O)(=O)Nc2cccc(Br)c2)c1. The van der Waals surface area contributed by atoms with Crippen LogP contribution in [0, 0.1) is 0 Å². The van der Waals surface area contributed by atoms with Gasteiger partial charge in [-0.2, -0.15) is 0 Å². The first-order valence-corrected chi connectivity index (χ1v) is 8.63. The van der Waals surface area contributed by atoms with Gasteiger partial charge in [-0.1, -0.05) is 28.1 Å². The Morgan fingerprint density at radius 3 is 2.62 bits per heavy atom. The lowest BCUT2D eigenvalue weighted by atomic mass is 10.3. The lowest BCUT2D eigenvalue weighted by Crippen LogP contribution is -2.21. The highest BCUT2D eigenvalue weighted by Gasteiger charge is 2.11. The highest BCUT2D eigenvalue weighted by Crippen LogP contribution is 2.17. The van der Waals surface area contributed by atoms with E-state index in [0.717, 1.165) is 4.47 Å². The number of nitrogen functional groups attached to an aromatic ring is 1. The third kappa shape index (κ3) is 5.28. The lowest BCUT2D eigenvalue weighted by molar-refractivity contribution is 0.341. The molecule has 0 fully saturated rings. The third-order valence-electron chi connectivity index (χ3n) is 2.58. The predicted molar refractivity (Wildman–Crippen MR) is 87.9 cm³/mol. The fourth-order valence-corrected chi connectivity index (χ4v) is 2.95. The highest BCUT2D eigenvalue weighted by atomic mass is 79.9. The Balaban J connectivity index is 1.90. The molecule has 0 radical (unpaired) electrons. The van der Waals surface area contributed by atoms with Gasteiger partial charge in [0, 0.05) is 21.9 Å². The maximum absolute atomic E-state index is 11.9. The first kappa shape index (κ1) is 15.7. The van der Waals surface area contributed by atoms with Gasteiger partial charge >= 0.3 is 0 Å². The van der Waals surface area contributed by atoms with Crippen LogP contribution in [0.2, 0.25) is 0 Å². The minimum absolute atomic E-state index is 0.0484. The zero-order valence-electron chi connectivity index (χ0n) is 11.1. The summed E-state index contributed by atoms with van der Waals surface area (Å²) in [5, 5.41) is 0. The Morgan fingerprint density at radius 1 is 1.14 bits per heavy atom. The van der Waals surface area contributed by atoms with Crippen LogP contribution in [-0.4, -0.2) is 20.8 Å². The molecule has 0 bridgehead atoms. The van der Waals surface area contributed by atoms with E-state index in [2.05, 4.69) is 20.7 Å². The largest absolute Gasteiger partial charge is 0.492 e. The molecule has 112 valence electrons. The van der Waals surface area contributed by atoms with Gasteiger partial charge in [-0.15, -0.1) is 0 Å². The Bertz CT molecular complexity index is 720. The van der Waals surface area contributed by atoms with E-state index in [1.165, 1.54) is 0 Å². The zero-order valence-corrected chi connectivity index (χ0v) is 13.5. The molecule has 2 aromatic rings. The van der Waals surface area contributed by atoms with Crippen LogP contribution in [0.15, 0.2) is 53.0 Å². The fourth-order valence-electron chi connectivity index (χ4n) is 1.66. The molecule has 0 unspecified atom stereocenters. The summed E-state index contributed by atoms with van der Waals surface area (Å²) in [5.74, 6) is 0.404. The number of sulfonamides is 1. The molecule has 2 rings (SSSR count). The maximum Gasteiger partial charge on any atom is 0.236 e. The molecular formula is C14H15BrN2O3S. The standard InChI is InChI=1S/C14H15BrN2O3S/c15-11-3-1-5-13(9-11)17-21(18,19)8-7-20-14-6-2-4-12(16)10-14/h1-6,9-10,17H,7-8,16H2. The molecule has 3 N–H and O–H groups in total. The van der Waals surface area contributed by atoms with Crippen LogP contribution in [0.5, 0.6) is 5.75 Å². The van der Waals surface area contributed by atoms with Crippen molar-refractivity contribution in [2.45, 2.75) is 0 Å². The minimum atomic E-state index is -3.46. The first-order chi connectivity index (χ1) is 9.94. The second-order valence-corrected chi connectivity index (χ2v) is 7.11. The van der Waals surface area contributed by atoms with E-state index in [1.54, 1.807) is 42.5 Å². The van der Waals surface area contributed by atoms with Crippen LogP contribution >= 0.6 is 15.9 Å². The summed E-state index contributed by atoms with van der Waals surface area (Å²) >= 11 is 3.29. The summed E-state index contributed by atoms with van der Waals surface area (Å²) in [6.45, 7) is 0.0484. The number of hydrogen-bond donors (Lipinski definition) is 2. The van der Waals surface area contributed by atoms with E-state index >= 15 is 0 Å². The number of halogens is 1. The molecule has 0 heterocycles. The Kier molecular flexibility index (Phi) is 5.08. The van der Waals surface area contributed by atoms with E-state index in [0.29, 0.717) is 17.1 Å². The average Bonchev–Trinajstić information content (AvgIpc) is 2.38. The summed E-state index contributed by atoms with van der Waals surface area (Å²) in [6, 6.07) is 13.8. The molecule has 0 aliphatic carbocycles. The molecule has 0 aliphatic rings. The van der Waals surface area contributed by atoms with E-state index in [9.17, 15) is 8.42 Å². The Morgan fingerprint density at radius 2 is 1.90 bits per heavy atom. The van der Waals surface area contributed by atoms with Gasteiger partial charge in [0.05, 0.1) is 0 Å². The number of ether oxygens (including phenoxy) is 1. The van der Waals surface area contributed by atoms with Crippen LogP contribution in [0.3, 0.4) is 0 Å². The molecule has 0 saturated heterocycles. The number of nitrogens with one attached hydrogen (secondary N) is 1. The molecule has 7 heteroatoms. The third-order valence-corrected chi connectivity index (χ3v) is 4.32. The Hall–Kier alpha value is -1.73. The van der Waals surface area contributed by atoms with Crippen LogP contribution in [0.25, 0.3) is 0 Å². The monoisotopic (exact) mass is 370 g/mol. The molecule has 2 aromatic carbocycles.